The molecule has 2 heterocycles. The van der Waals surface area contributed by atoms with Crippen molar-refractivity contribution in [1.29, 1.82) is 0 Å². The second kappa shape index (κ2) is 15.3. The van der Waals surface area contributed by atoms with Gasteiger partial charge in [0.2, 0.25) is 11.1 Å². The lowest BCUT2D eigenvalue weighted by Gasteiger charge is -2.41. The van der Waals surface area contributed by atoms with Gasteiger partial charge in [0.05, 0.1) is 18.8 Å². The van der Waals surface area contributed by atoms with E-state index >= 15 is 0 Å². The first-order chi connectivity index (χ1) is 21.8. The van der Waals surface area contributed by atoms with Crippen molar-refractivity contribution in [3.05, 3.63) is 95.1 Å². The summed E-state index contributed by atoms with van der Waals surface area (Å²) in [6, 6.07) is 23.7. The molecule has 236 valence electrons. The number of rotatable bonds is 13. The summed E-state index contributed by atoms with van der Waals surface area (Å²) in [6.07, 6.45) is -0.558. The minimum absolute atomic E-state index is 0.0211. The summed E-state index contributed by atoms with van der Waals surface area (Å²) in [5.74, 6) is -0.420. The molecule has 0 spiro atoms. The predicted molar refractivity (Wildman–Crippen MR) is 168 cm³/mol. The number of carboxylic acids is 1. The van der Waals surface area contributed by atoms with Crippen LogP contribution in [0.15, 0.2) is 78.0 Å². The summed E-state index contributed by atoms with van der Waals surface area (Å²) >= 11 is 1.54. The van der Waals surface area contributed by atoms with Crippen molar-refractivity contribution in [2.75, 3.05) is 5.75 Å². The average molecular weight is 632 g/mol. The van der Waals surface area contributed by atoms with E-state index in [1.165, 1.54) is 11.8 Å². The van der Waals surface area contributed by atoms with Crippen LogP contribution in [-0.2, 0) is 39.3 Å². The summed E-state index contributed by atoms with van der Waals surface area (Å²) < 4.78 is 14.8. The lowest BCUT2D eigenvalue weighted by Crippen LogP contribution is -2.38. The van der Waals surface area contributed by atoms with Crippen LogP contribution < -0.4 is 5.32 Å². The van der Waals surface area contributed by atoms with Crippen molar-refractivity contribution in [3.63, 3.8) is 0 Å². The number of hydrogen-bond donors (Lipinski definition) is 3. The van der Waals surface area contributed by atoms with Gasteiger partial charge in [0, 0.05) is 43.7 Å². The normalized spacial score (nSPS) is 19.7. The Morgan fingerprint density at radius 2 is 1.71 bits per heavy atom. The fraction of sp³-hybridized carbons (Fsp3) is 0.364. The third kappa shape index (κ3) is 8.34. The van der Waals surface area contributed by atoms with E-state index in [4.69, 9.17) is 14.6 Å². The molecule has 0 unspecified atom stereocenters. The Hall–Kier alpha value is -4.10. The molecule has 12 heteroatoms. The number of nitrogens with zero attached hydrogens (tertiary/aromatic N) is 4. The first kappa shape index (κ1) is 32.3. The maximum absolute atomic E-state index is 12.3. The van der Waals surface area contributed by atoms with Crippen LogP contribution in [0, 0.1) is 5.92 Å². The fourth-order valence-corrected chi connectivity index (χ4v) is 6.28. The molecule has 0 saturated carbocycles. The number of hydrogen-bond acceptors (Lipinski definition) is 9. The number of aliphatic hydroxyl groups excluding tert-OH is 1. The number of ether oxygens (including phenoxy) is 2. The van der Waals surface area contributed by atoms with E-state index in [1.54, 1.807) is 11.7 Å². The Morgan fingerprint density at radius 3 is 2.40 bits per heavy atom. The Morgan fingerprint density at radius 1 is 0.978 bits per heavy atom. The van der Waals surface area contributed by atoms with Crippen LogP contribution in [-0.4, -0.2) is 54.2 Å². The van der Waals surface area contributed by atoms with Crippen molar-refractivity contribution in [2.24, 2.45) is 13.0 Å². The van der Waals surface area contributed by atoms with Gasteiger partial charge in [-0.25, -0.2) is 4.68 Å². The summed E-state index contributed by atoms with van der Waals surface area (Å²) in [5.41, 5.74) is 5.66. The van der Waals surface area contributed by atoms with Crippen LogP contribution in [0.2, 0.25) is 0 Å². The van der Waals surface area contributed by atoms with E-state index in [2.05, 4.69) is 27.8 Å². The standard InChI is InChI=1S/C33H37N5O6S/c1-21-28(20-45-33-35-36-37-38(33)2)43-32(44-31(21)24-12-10-22(19-39)11-13-24)25-16-14-23(15-17-25)27-7-4-3-6-26(27)18-34-29(40)8-5-9-30(41)42/h3-4,6-7,10-17,21,28,31-32,39H,5,8-9,18-20H2,1-2H3,(H,34,40)(H,41,42)/t21-,28+,31+,32+/m0/s1. The molecule has 1 saturated heterocycles. The van der Waals surface area contributed by atoms with Crippen molar-refractivity contribution in [2.45, 2.75) is 63.0 Å². The minimum Gasteiger partial charge on any atom is -0.481 e. The first-order valence-electron chi connectivity index (χ1n) is 14.8. The Labute approximate surface area is 266 Å². The van der Waals surface area contributed by atoms with Gasteiger partial charge in [-0.1, -0.05) is 91.5 Å². The van der Waals surface area contributed by atoms with Crippen molar-refractivity contribution < 1.29 is 29.3 Å². The third-order valence-corrected chi connectivity index (χ3v) is 8.96. The number of tetrazole rings is 1. The summed E-state index contributed by atoms with van der Waals surface area (Å²) in [5, 5.41) is 33.7. The number of aliphatic hydroxyl groups is 1. The third-order valence-electron chi connectivity index (χ3n) is 7.86. The van der Waals surface area contributed by atoms with E-state index < -0.39 is 12.3 Å². The van der Waals surface area contributed by atoms with Crippen LogP contribution in [0.5, 0.6) is 0 Å². The van der Waals surface area contributed by atoms with Crippen LogP contribution in [0.1, 0.15) is 60.8 Å². The van der Waals surface area contributed by atoms with Crippen molar-refractivity contribution in [3.8, 4) is 11.1 Å². The molecule has 1 fully saturated rings. The zero-order valence-electron chi connectivity index (χ0n) is 25.2. The number of thioether (sulfide) groups is 1. The Bertz CT molecular complexity index is 1580. The highest BCUT2D eigenvalue weighted by atomic mass is 32.2. The van der Waals surface area contributed by atoms with Crippen LogP contribution in [0.25, 0.3) is 11.1 Å². The van der Waals surface area contributed by atoms with Crippen molar-refractivity contribution in [1.82, 2.24) is 25.5 Å². The number of carboxylic acid groups (broad SMARTS) is 1. The largest absolute Gasteiger partial charge is 0.481 e. The highest BCUT2D eigenvalue weighted by molar-refractivity contribution is 7.99. The van der Waals surface area contributed by atoms with Crippen LogP contribution >= 0.6 is 11.8 Å². The number of carbonyl (C=O) groups is 2. The number of aromatic nitrogens is 4. The SMILES string of the molecule is C[C@H]1[C@@H](CSc2nnnn2C)O[C@@H](c2ccc(-c3ccccc3CNC(=O)CCCC(=O)O)cc2)O[C@H]1c1ccc(CO)cc1. The zero-order chi connectivity index (χ0) is 31.8. The molecule has 0 radical (unpaired) electrons. The second-order valence-corrected chi connectivity index (χ2v) is 12.0. The van der Waals surface area contributed by atoms with Gasteiger partial charge in [-0.15, -0.1) is 5.10 Å². The van der Waals surface area contributed by atoms with Gasteiger partial charge in [-0.3, -0.25) is 9.59 Å². The quantitative estimate of drug-likeness (QED) is 0.175. The molecule has 3 N–H and O–H groups in total. The number of aryl methyl sites for hydroxylation is 1. The average Bonchev–Trinajstić information content (AvgIpc) is 3.47. The lowest BCUT2D eigenvalue weighted by molar-refractivity contribution is -0.268. The van der Waals surface area contributed by atoms with Gasteiger partial charge in [0.1, 0.15) is 0 Å². The molecule has 1 aromatic heterocycles. The number of carbonyl (C=O) groups excluding carboxylic acids is 1. The molecule has 1 aliphatic heterocycles. The molecule has 4 atom stereocenters. The van der Waals surface area contributed by atoms with Crippen molar-refractivity contribution >= 4 is 23.6 Å². The summed E-state index contributed by atoms with van der Waals surface area (Å²) in [4.78, 5) is 23.0. The number of nitrogens with one attached hydrogen (secondary N) is 1. The monoisotopic (exact) mass is 631 g/mol. The second-order valence-electron chi connectivity index (χ2n) is 11.0. The van der Waals surface area contributed by atoms with E-state index in [0.717, 1.165) is 33.4 Å². The highest BCUT2D eigenvalue weighted by Crippen LogP contribution is 2.43. The summed E-state index contributed by atoms with van der Waals surface area (Å²) in [7, 11) is 1.81. The molecule has 1 aliphatic rings. The maximum Gasteiger partial charge on any atom is 0.303 e. The zero-order valence-corrected chi connectivity index (χ0v) is 26.0. The lowest BCUT2D eigenvalue weighted by atomic mass is 9.91. The Kier molecular flexibility index (Phi) is 11.0. The van der Waals surface area contributed by atoms with E-state index in [1.807, 2.05) is 72.8 Å². The molecule has 11 nitrogen and oxygen atoms in total. The minimum atomic E-state index is -0.906. The van der Waals surface area contributed by atoms with E-state index in [-0.39, 0.29) is 43.5 Å². The maximum atomic E-state index is 12.3. The molecular formula is C33H37N5O6S. The Balaban J connectivity index is 1.32. The smallest absolute Gasteiger partial charge is 0.303 e. The number of amides is 1. The molecule has 5 rings (SSSR count). The van der Waals surface area contributed by atoms with Gasteiger partial charge in [-0.2, -0.15) is 0 Å². The molecular weight excluding hydrogens is 594 g/mol. The molecule has 0 aliphatic carbocycles. The van der Waals surface area contributed by atoms with Crippen LogP contribution in [0.3, 0.4) is 0 Å². The summed E-state index contributed by atoms with van der Waals surface area (Å²) in [6.45, 7) is 2.44. The van der Waals surface area contributed by atoms with Gasteiger partial charge < -0.3 is 25.0 Å². The van der Waals surface area contributed by atoms with Gasteiger partial charge in [0.25, 0.3) is 0 Å². The van der Waals surface area contributed by atoms with Gasteiger partial charge in [-0.05, 0) is 44.7 Å². The molecule has 1 amide bonds. The van der Waals surface area contributed by atoms with Gasteiger partial charge in [0.15, 0.2) is 6.29 Å². The highest BCUT2D eigenvalue weighted by Gasteiger charge is 2.38. The molecule has 4 aromatic rings. The molecule has 0 bridgehead atoms. The van der Waals surface area contributed by atoms with Crippen LogP contribution in [0.4, 0.5) is 0 Å². The molecule has 45 heavy (non-hydrogen) atoms. The number of aliphatic carboxylic acids is 1. The van der Waals surface area contributed by atoms with Gasteiger partial charge >= 0.3 is 5.97 Å². The van der Waals surface area contributed by atoms with E-state index in [9.17, 15) is 14.7 Å². The predicted octanol–water partition coefficient (Wildman–Crippen LogP) is 4.82. The fourth-order valence-electron chi connectivity index (χ4n) is 5.27. The topological polar surface area (TPSA) is 149 Å². The van der Waals surface area contributed by atoms with E-state index in [0.29, 0.717) is 23.9 Å². The number of benzene rings is 3. The first-order valence-corrected chi connectivity index (χ1v) is 15.8. The molecule has 3 aromatic carbocycles.